The third kappa shape index (κ3) is 6.02. The van der Waals surface area contributed by atoms with Gasteiger partial charge < -0.3 is 24.3 Å². The van der Waals surface area contributed by atoms with Crippen molar-refractivity contribution in [3.05, 3.63) is 71.8 Å². The van der Waals surface area contributed by atoms with Crippen molar-refractivity contribution >= 4 is 28.9 Å². The zero-order valence-corrected chi connectivity index (χ0v) is 20.9. The van der Waals surface area contributed by atoms with E-state index in [4.69, 9.17) is 28.9 Å². The number of benzene rings is 2. The highest BCUT2D eigenvalue weighted by Crippen LogP contribution is 2.34. The highest BCUT2D eigenvalue weighted by atomic mass is 16.5. The van der Waals surface area contributed by atoms with E-state index < -0.39 is 0 Å². The molecule has 0 aliphatic carbocycles. The minimum absolute atomic E-state index is 0.563. The van der Waals surface area contributed by atoms with Gasteiger partial charge in [-0.15, -0.1) is 0 Å². The molecule has 0 saturated heterocycles. The maximum absolute atomic E-state index is 5.51. The minimum atomic E-state index is 0.563. The molecule has 0 spiro atoms. The van der Waals surface area contributed by atoms with E-state index in [1.807, 2.05) is 67.0 Å². The summed E-state index contributed by atoms with van der Waals surface area (Å²) >= 11 is 0. The molecule has 186 valence electrons. The third-order valence-electron chi connectivity index (χ3n) is 5.70. The number of rotatable bonds is 11. The van der Waals surface area contributed by atoms with E-state index in [9.17, 15) is 0 Å². The van der Waals surface area contributed by atoms with Gasteiger partial charge in [0.15, 0.2) is 17.3 Å². The molecule has 2 aromatic heterocycles. The highest BCUT2D eigenvalue weighted by Gasteiger charge is 2.13. The Morgan fingerprint density at radius 2 is 1.47 bits per heavy atom. The van der Waals surface area contributed by atoms with Crippen LogP contribution in [-0.4, -0.2) is 49.9 Å². The number of fused-ring (bicyclic) bond motifs is 1. The summed E-state index contributed by atoms with van der Waals surface area (Å²) in [6.07, 6.45) is 9.32. The Morgan fingerprint density at radius 3 is 2.14 bits per heavy atom. The second-order valence-corrected chi connectivity index (χ2v) is 8.02. The van der Waals surface area contributed by atoms with Crippen LogP contribution in [0.1, 0.15) is 23.4 Å². The van der Waals surface area contributed by atoms with Crippen molar-refractivity contribution in [1.29, 1.82) is 0 Å². The summed E-state index contributed by atoms with van der Waals surface area (Å²) in [7, 11) is 6.48. The Bertz CT molecular complexity index is 1320. The average molecular weight is 487 g/mol. The molecule has 8 heteroatoms. The topological polar surface area (TPSA) is 87.6 Å². The van der Waals surface area contributed by atoms with Crippen LogP contribution in [0.25, 0.3) is 23.1 Å². The van der Waals surface area contributed by atoms with E-state index >= 15 is 0 Å². The van der Waals surface area contributed by atoms with Crippen LogP contribution in [0.3, 0.4) is 0 Å². The van der Waals surface area contributed by atoms with Crippen LogP contribution in [-0.2, 0) is 6.42 Å². The normalized spacial score (nSPS) is 11.0. The molecule has 1 N–H and O–H groups in total. The van der Waals surface area contributed by atoms with E-state index in [-0.39, 0.29) is 0 Å². The van der Waals surface area contributed by atoms with E-state index in [1.165, 1.54) is 5.56 Å². The SMILES string of the molecule is COc1cc(/C=C/c2nc(NCCCc3ccncc3)c3cc(OC)c(OC)cc3n2)cc(OC)c1. The number of aromatic nitrogens is 3. The summed E-state index contributed by atoms with van der Waals surface area (Å²) in [4.78, 5) is 13.6. The predicted molar refractivity (Wildman–Crippen MR) is 142 cm³/mol. The van der Waals surface area contributed by atoms with Gasteiger partial charge in [-0.1, -0.05) is 6.08 Å². The Kier molecular flexibility index (Phi) is 8.18. The second kappa shape index (κ2) is 11.9. The largest absolute Gasteiger partial charge is 0.497 e. The molecule has 0 saturated carbocycles. The first-order chi connectivity index (χ1) is 17.6. The lowest BCUT2D eigenvalue weighted by molar-refractivity contribution is 0.356. The Morgan fingerprint density at radius 1 is 0.778 bits per heavy atom. The highest BCUT2D eigenvalue weighted by molar-refractivity contribution is 5.92. The Labute approximate surface area is 210 Å². The number of ether oxygens (including phenoxy) is 4. The lowest BCUT2D eigenvalue weighted by Crippen LogP contribution is -2.07. The number of pyridine rings is 1. The molecular weight excluding hydrogens is 456 g/mol. The Hall–Kier alpha value is -4.33. The van der Waals surface area contributed by atoms with Gasteiger partial charge in [0.05, 0.1) is 34.0 Å². The van der Waals surface area contributed by atoms with Gasteiger partial charge in [-0.3, -0.25) is 4.98 Å². The maximum Gasteiger partial charge on any atom is 0.162 e. The molecule has 36 heavy (non-hydrogen) atoms. The standard InChI is InChI=1S/C28H30N4O4/c1-33-21-14-20(15-22(16-21)34-2)7-8-27-31-24-18-26(36-4)25(35-3)17-23(24)28(32-27)30-11-5-6-19-9-12-29-13-10-19/h7-10,12-18H,5-6,11H2,1-4H3,(H,30,31,32)/b8-7+. The van der Waals surface area contributed by atoms with Crippen LogP contribution in [0.15, 0.2) is 54.9 Å². The fourth-order valence-corrected chi connectivity index (χ4v) is 3.83. The summed E-state index contributed by atoms with van der Waals surface area (Å²) in [6.45, 7) is 0.749. The summed E-state index contributed by atoms with van der Waals surface area (Å²) in [5, 5.41) is 4.34. The summed E-state index contributed by atoms with van der Waals surface area (Å²) < 4.78 is 21.8. The van der Waals surface area contributed by atoms with Crippen molar-refractivity contribution < 1.29 is 18.9 Å². The van der Waals surface area contributed by atoms with Gasteiger partial charge in [0.2, 0.25) is 0 Å². The molecule has 0 aliphatic rings. The summed E-state index contributed by atoms with van der Waals surface area (Å²) in [6, 6.07) is 13.5. The summed E-state index contributed by atoms with van der Waals surface area (Å²) in [5.41, 5.74) is 2.92. The molecule has 0 fully saturated rings. The molecule has 2 heterocycles. The fraction of sp³-hybridized carbons (Fsp3) is 0.250. The third-order valence-corrected chi connectivity index (χ3v) is 5.70. The van der Waals surface area contributed by atoms with Crippen LogP contribution in [0, 0.1) is 0 Å². The first kappa shape index (κ1) is 24.8. The molecule has 0 bridgehead atoms. The van der Waals surface area contributed by atoms with Crippen molar-refractivity contribution in [1.82, 2.24) is 15.0 Å². The number of hydrogen-bond donors (Lipinski definition) is 1. The number of methoxy groups -OCH3 is 4. The van der Waals surface area contributed by atoms with E-state index in [2.05, 4.69) is 10.3 Å². The van der Waals surface area contributed by atoms with Crippen LogP contribution in [0.2, 0.25) is 0 Å². The van der Waals surface area contributed by atoms with E-state index in [0.29, 0.717) is 28.8 Å². The van der Waals surface area contributed by atoms with Gasteiger partial charge in [-0.2, -0.15) is 0 Å². The molecule has 0 amide bonds. The van der Waals surface area contributed by atoms with Crippen LogP contribution in [0.4, 0.5) is 5.82 Å². The average Bonchev–Trinajstić information content (AvgIpc) is 2.93. The van der Waals surface area contributed by atoms with E-state index in [1.54, 1.807) is 28.4 Å². The number of nitrogens with one attached hydrogen (secondary N) is 1. The van der Waals surface area contributed by atoms with Crippen LogP contribution in [0.5, 0.6) is 23.0 Å². The Balaban J connectivity index is 1.64. The van der Waals surface area contributed by atoms with Crippen molar-refractivity contribution in [2.45, 2.75) is 12.8 Å². The quantitative estimate of drug-likeness (QED) is 0.287. The fourth-order valence-electron chi connectivity index (χ4n) is 3.83. The van der Waals surface area contributed by atoms with Gasteiger partial charge in [0.25, 0.3) is 0 Å². The zero-order valence-electron chi connectivity index (χ0n) is 20.9. The van der Waals surface area contributed by atoms with Gasteiger partial charge >= 0.3 is 0 Å². The minimum Gasteiger partial charge on any atom is -0.497 e. The molecule has 4 aromatic rings. The monoisotopic (exact) mass is 486 g/mol. The van der Waals surface area contributed by atoms with Gasteiger partial charge in [-0.25, -0.2) is 9.97 Å². The number of aryl methyl sites for hydroxylation is 1. The van der Waals surface area contributed by atoms with Gasteiger partial charge in [0.1, 0.15) is 17.3 Å². The first-order valence-corrected chi connectivity index (χ1v) is 11.6. The molecule has 4 rings (SSSR count). The zero-order chi connectivity index (χ0) is 25.3. The number of anilines is 1. The van der Waals surface area contributed by atoms with Crippen molar-refractivity contribution in [3.63, 3.8) is 0 Å². The molecule has 0 aliphatic heterocycles. The van der Waals surface area contributed by atoms with Crippen molar-refractivity contribution in [2.75, 3.05) is 40.3 Å². The maximum atomic E-state index is 5.51. The second-order valence-electron chi connectivity index (χ2n) is 8.02. The van der Waals surface area contributed by atoms with Crippen molar-refractivity contribution in [2.24, 2.45) is 0 Å². The van der Waals surface area contributed by atoms with Crippen LogP contribution < -0.4 is 24.3 Å². The first-order valence-electron chi connectivity index (χ1n) is 11.6. The molecule has 0 atom stereocenters. The molecule has 0 radical (unpaired) electrons. The molecule has 8 nitrogen and oxygen atoms in total. The number of nitrogens with zero attached hydrogens (tertiary/aromatic N) is 3. The lowest BCUT2D eigenvalue weighted by Gasteiger charge is -2.13. The predicted octanol–water partition coefficient (Wildman–Crippen LogP) is 5.27. The molecular formula is C28H30N4O4. The molecule has 0 unspecified atom stereocenters. The van der Waals surface area contributed by atoms with E-state index in [0.717, 1.165) is 41.7 Å². The molecule has 2 aromatic carbocycles. The van der Waals surface area contributed by atoms with Gasteiger partial charge in [0, 0.05) is 36.5 Å². The van der Waals surface area contributed by atoms with Crippen LogP contribution >= 0.6 is 0 Å². The lowest BCUT2D eigenvalue weighted by atomic mass is 10.1. The summed E-state index contributed by atoms with van der Waals surface area (Å²) in [5.74, 6) is 3.95. The smallest absolute Gasteiger partial charge is 0.162 e. The number of hydrogen-bond acceptors (Lipinski definition) is 8. The van der Waals surface area contributed by atoms with Crippen molar-refractivity contribution in [3.8, 4) is 23.0 Å². The van der Waals surface area contributed by atoms with Gasteiger partial charge in [-0.05, 0) is 60.4 Å².